The molecule has 0 amide bonds. The van der Waals surface area contributed by atoms with E-state index in [2.05, 4.69) is 0 Å². The lowest BCUT2D eigenvalue weighted by molar-refractivity contribution is -0.133. The molecule has 0 saturated heterocycles. The quantitative estimate of drug-likeness (QED) is 0.364. The Morgan fingerprint density at radius 2 is 1.91 bits per heavy atom. The van der Waals surface area contributed by atoms with Gasteiger partial charge in [0.05, 0.1) is 5.57 Å². The molecule has 0 aliphatic rings. The van der Waals surface area contributed by atoms with Crippen LogP contribution in [0.5, 0.6) is 0 Å². The fourth-order valence-electron chi connectivity index (χ4n) is 2.02. The second kappa shape index (κ2) is 8.86. The number of phosphoric acid groups is 1. The Hall–Kier alpha value is -1.46. The minimum atomic E-state index is -4.83. The van der Waals surface area contributed by atoms with E-state index in [0.29, 0.717) is 12.0 Å². The molecule has 0 saturated carbocycles. The third kappa shape index (κ3) is 6.54. The van der Waals surface area contributed by atoms with Crippen LogP contribution in [0.4, 0.5) is 0 Å². The molecule has 7 heteroatoms. The number of carbonyl (C=O) groups is 1. The molecule has 122 valence electrons. The fraction of sp³-hybridized carbons (Fsp3) is 0.400. The van der Waals surface area contributed by atoms with Crippen molar-refractivity contribution in [1.82, 2.24) is 0 Å². The summed E-state index contributed by atoms with van der Waals surface area (Å²) in [5, 5.41) is 9.36. The van der Waals surface area contributed by atoms with Crippen molar-refractivity contribution < 1.29 is 28.8 Å². The van der Waals surface area contributed by atoms with Gasteiger partial charge < -0.3 is 14.9 Å². The number of carboxylic acid groups (broad SMARTS) is 1. The van der Waals surface area contributed by atoms with Crippen molar-refractivity contribution in [2.75, 3.05) is 0 Å². The van der Waals surface area contributed by atoms with Gasteiger partial charge in [0, 0.05) is 0 Å². The van der Waals surface area contributed by atoms with Gasteiger partial charge in [0.25, 0.3) is 0 Å². The number of allylic oxidation sites excluding steroid dienone is 1. The predicted molar refractivity (Wildman–Crippen MR) is 82.2 cm³/mol. The van der Waals surface area contributed by atoms with Gasteiger partial charge >= 0.3 is 13.8 Å². The van der Waals surface area contributed by atoms with Gasteiger partial charge in [-0.3, -0.25) is 4.52 Å². The number of hydrogen-bond donors (Lipinski definition) is 3. The Morgan fingerprint density at radius 3 is 2.41 bits per heavy atom. The van der Waals surface area contributed by atoms with Crippen molar-refractivity contribution in [3.63, 3.8) is 0 Å². The van der Waals surface area contributed by atoms with E-state index in [1.54, 1.807) is 30.3 Å². The van der Waals surface area contributed by atoms with Gasteiger partial charge in [-0.1, -0.05) is 56.2 Å². The average Bonchev–Trinajstić information content (AvgIpc) is 2.45. The molecule has 0 aromatic heterocycles. The molecule has 6 nitrogen and oxygen atoms in total. The summed E-state index contributed by atoms with van der Waals surface area (Å²) in [6.45, 7) is 2.03. The third-order valence-corrected chi connectivity index (χ3v) is 3.53. The zero-order chi connectivity index (χ0) is 16.6. The first-order chi connectivity index (χ1) is 10.3. The minimum absolute atomic E-state index is 0.161. The summed E-state index contributed by atoms with van der Waals surface area (Å²) in [7, 11) is -4.83. The monoisotopic (exact) mass is 328 g/mol. The number of rotatable bonds is 9. The SMILES string of the molecule is CCCCCC=C(C(=O)O)C(OP(=O)(O)O)c1ccccc1. The molecular weight excluding hydrogens is 307 g/mol. The number of benzene rings is 1. The third-order valence-electron chi connectivity index (χ3n) is 3.05. The highest BCUT2D eigenvalue weighted by Crippen LogP contribution is 2.45. The Balaban J connectivity index is 3.09. The average molecular weight is 328 g/mol. The summed E-state index contributed by atoms with van der Waals surface area (Å²) in [5.41, 5.74) is 0.223. The molecule has 1 atom stereocenters. The fourth-order valence-corrected chi connectivity index (χ4v) is 2.53. The van der Waals surface area contributed by atoms with Crippen LogP contribution in [0.3, 0.4) is 0 Å². The second-order valence-electron chi connectivity index (χ2n) is 4.85. The molecule has 1 unspecified atom stereocenters. The molecule has 3 N–H and O–H groups in total. The number of unbranched alkanes of at least 4 members (excludes halogenated alkanes) is 3. The minimum Gasteiger partial charge on any atom is -0.478 e. The lowest BCUT2D eigenvalue weighted by Crippen LogP contribution is -2.14. The van der Waals surface area contributed by atoms with Gasteiger partial charge in [0.2, 0.25) is 0 Å². The zero-order valence-corrected chi connectivity index (χ0v) is 13.3. The maximum atomic E-state index is 11.5. The van der Waals surface area contributed by atoms with E-state index in [9.17, 15) is 14.5 Å². The molecule has 1 aromatic rings. The van der Waals surface area contributed by atoms with Crippen LogP contribution in [0.1, 0.15) is 44.3 Å². The number of phosphoric ester groups is 1. The van der Waals surface area contributed by atoms with Crippen LogP contribution < -0.4 is 0 Å². The smallest absolute Gasteiger partial charge is 0.470 e. The Kier molecular flexibility index (Phi) is 7.48. The van der Waals surface area contributed by atoms with Crippen LogP contribution in [-0.2, 0) is 13.9 Å². The van der Waals surface area contributed by atoms with E-state index >= 15 is 0 Å². The highest BCUT2D eigenvalue weighted by molar-refractivity contribution is 7.46. The summed E-state index contributed by atoms with van der Waals surface area (Å²) < 4.78 is 15.9. The number of hydrogen-bond acceptors (Lipinski definition) is 3. The van der Waals surface area contributed by atoms with Crippen LogP contribution in [0.15, 0.2) is 42.0 Å². The highest BCUT2D eigenvalue weighted by Gasteiger charge is 2.30. The van der Waals surface area contributed by atoms with Crippen molar-refractivity contribution in [3.05, 3.63) is 47.5 Å². The van der Waals surface area contributed by atoms with Crippen LogP contribution in [0, 0.1) is 0 Å². The molecule has 0 aliphatic heterocycles. The maximum absolute atomic E-state index is 11.5. The van der Waals surface area contributed by atoms with Crippen LogP contribution in [-0.4, -0.2) is 20.9 Å². The molecule has 22 heavy (non-hydrogen) atoms. The van der Waals surface area contributed by atoms with Gasteiger partial charge in [-0.15, -0.1) is 0 Å². The van der Waals surface area contributed by atoms with Gasteiger partial charge in [-0.25, -0.2) is 9.36 Å². The van der Waals surface area contributed by atoms with Gasteiger partial charge in [-0.2, -0.15) is 0 Å². The molecule has 0 bridgehead atoms. The summed E-state index contributed by atoms with van der Waals surface area (Å²) in [4.78, 5) is 29.6. The Bertz CT molecular complexity index is 548. The van der Waals surface area contributed by atoms with Crippen molar-refractivity contribution in [3.8, 4) is 0 Å². The largest absolute Gasteiger partial charge is 0.478 e. The molecule has 0 spiro atoms. The van der Waals surface area contributed by atoms with Crippen molar-refractivity contribution in [2.24, 2.45) is 0 Å². The van der Waals surface area contributed by atoms with Crippen molar-refractivity contribution in [2.45, 2.75) is 38.7 Å². The van der Waals surface area contributed by atoms with Crippen LogP contribution in [0.2, 0.25) is 0 Å². The van der Waals surface area contributed by atoms with Gasteiger partial charge in [0.1, 0.15) is 6.10 Å². The van der Waals surface area contributed by atoms with Crippen LogP contribution >= 0.6 is 7.82 Å². The topological polar surface area (TPSA) is 104 Å². The van der Waals surface area contributed by atoms with E-state index in [-0.39, 0.29) is 5.57 Å². The molecule has 0 aliphatic carbocycles. The first kappa shape index (κ1) is 18.6. The highest BCUT2D eigenvalue weighted by atomic mass is 31.2. The summed E-state index contributed by atoms with van der Waals surface area (Å²) in [6, 6.07) is 8.18. The zero-order valence-electron chi connectivity index (χ0n) is 12.4. The van der Waals surface area contributed by atoms with E-state index in [0.717, 1.165) is 19.3 Å². The first-order valence-corrected chi connectivity index (χ1v) is 8.60. The predicted octanol–water partition coefficient (Wildman–Crippen LogP) is 3.43. The molecule has 1 rings (SSSR count). The maximum Gasteiger partial charge on any atom is 0.470 e. The lowest BCUT2D eigenvalue weighted by atomic mass is 10.00. The van der Waals surface area contributed by atoms with Gasteiger partial charge in [-0.05, 0) is 18.4 Å². The number of aliphatic carboxylic acids is 1. The first-order valence-electron chi connectivity index (χ1n) is 7.07. The summed E-state index contributed by atoms with van der Waals surface area (Å²) in [5.74, 6) is -1.25. The molecule has 1 aromatic carbocycles. The molecule has 0 heterocycles. The van der Waals surface area contributed by atoms with Gasteiger partial charge in [0.15, 0.2) is 0 Å². The summed E-state index contributed by atoms with van der Waals surface area (Å²) >= 11 is 0. The lowest BCUT2D eigenvalue weighted by Gasteiger charge is -2.19. The normalized spacial score (nSPS) is 13.9. The van der Waals surface area contributed by atoms with Crippen molar-refractivity contribution in [1.29, 1.82) is 0 Å². The number of carboxylic acids is 1. The van der Waals surface area contributed by atoms with E-state index in [1.165, 1.54) is 6.08 Å². The van der Waals surface area contributed by atoms with E-state index in [4.69, 9.17) is 14.3 Å². The summed E-state index contributed by atoms with van der Waals surface area (Å²) in [6.07, 6.45) is 3.45. The van der Waals surface area contributed by atoms with E-state index in [1.807, 2.05) is 6.92 Å². The standard InChI is InChI=1S/C15H21O6P/c1-2-3-4-8-11-13(15(16)17)14(21-22(18,19)20)12-9-6-5-7-10-12/h5-7,9-11,14H,2-4,8H2,1H3,(H,16,17)(H2,18,19,20). The molecule has 0 radical (unpaired) electrons. The van der Waals surface area contributed by atoms with E-state index < -0.39 is 19.9 Å². The molecular formula is C15H21O6P. The van der Waals surface area contributed by atoms with Crippen LogP contribution in [0.25, 0.3) is 0 Å². The molecule has 0 fully saturated rings. The Labute approximate surface area is 129 Å². The van der Waals surface area contributed by atoms with Crippen molar-refractivity contribution >= 4 is 13.8 Å². The Morgan fingerprint density at radius 1 is 1.27 bits per heavy atom. The second-order valence-corrected chi connectivity index (χ2v) is 6.04.